The van der Waals surface area contributed by atoms with Gasteiger partial charge in [-0.05, 0) is 6.07 Å². The molecule has 0 atom stereocenters. The minimum absolute atomic E-state index is 0.582. The summed E-state index contributed by atoms with van der Waals surface area (Å²) in [5.74, 6) is -2.14. The summed E-state index contributed by atoms with van der Waals surface area (Å²) >= 11 is 0. The Morgan fingerprint density at radius 3 is 2.39 bits per heavy atom. The van der Waals surface area contributed by atoms with Gasteiger partial charge in [0, 0.05) is 16.7 Å². The van der Waals surface area contributed by atoms with E-state index in [1.807, 2.05) is 0 Å². The molecule has 0 aromatic heterocycles. The van der Waals surface area contributed by atoms with Crippen molar-refractivity contribution in [2.45, 2.75) is 4.90 Å². The van der Waals surface area contributed by atoms with Crippen LogP contribution in [0, 0.1) is 10.1 Å². The third-order valence-corrected chi connectivity index (χ3v) is 3.27. The van der Waals surface area contributed by atoms with Crippen LogP contribution in [0.1, 0.15) is 10.4 Å². The molecule has 0 heterocycles. The fourth-order valence-corrected chi connectivity index (χ4v) is 2.25. The number of carbonyl (C=O) groups is 1. The second kappa shape index (κ2) is 4.78. The Morgan fingerprint density at radius 1 is 1.50 bits per heavy atom. The van der Waals surface area contributed by atoms with Crippen LogP contribution in [-0.4, -0.2) is 31.5 Å². The Balaban J connectivity index is 3.78. The van der Waals surface area contributed by atoms with E-state index < -0.39 is 41.8 Å². The van der Waals surface area contributed by atoms with E-state index >= 15 is 0 Å². The number of halogens is 1. The normalized spacial score (nSPS) is 11.0. The zero-order valence-corrected chi connectivity index (χ0v) is 10.4. The zero-order valence-electron chi connectivity index (χ0n) is 8.78. The highest BCUT2D eigenvalue weighted by molar-refractivity contribution is 8.13. The number of hydrogen-bond acceptors (Lipinski definition) is 6. The van der Waals surface area contributed by atoms with Crippen molar-refractivity contribution in [2.24, 2.45) is 0 Å². The van der Waals surface area contributed by atoms with Gasteiger partial charge < -0.3 is 9.84 Å². The molecule has 0 saturated carbocycles. The van der Waals surface area contributed by atoms with E-state index in [0.29, 0.717) is 12.1 Å². The summed E-state index contributed by atoms with van der Waals surface area (Å²) in [5.41, 5.74) is -1.38. The fraction of sp³-hybridized carbons (Fsp3) is 0.125. The van der Waals surface area contributed by atoms with E-state index in [9.17, 15) is 23.3 Å². The first-order valence-corrected chi connectivity index (χ1v) is 6.53. The van der Waals surface area contributed by atoms with Crippen molar-refractivity contribution < 1.29 is 28.0 Å². The van der Waals surface area contributed by atoms with Gasteiger partial charge in [0.25, 0.3) is 9.05 Å². The first-order valence-electron chi connectivity index (χ1n) is 4.23. The van der Waals surface area contributed by atoms with Gasteiger partial charge in [-0.2, -0.15) is 0 Å². The molecule has 10 heteroatoms. The SMILES string of the molecule is COc1c([N+](=O)[O-])cc(C(=O)O)cc1S(=O)(=O)Cl. The summed E-state index contributed by atoms with van der Waals surface area (Å²) in [6.45, 7) is 0. The molecule has 0 bridgehead atoms. The van der Waals surface area contributed by atoms with E-state index in [4.69, 9.17) is 15.8 Å². The van der Waals surface area contributed by atoms with E-state index in [-0.39, 0.29) is 0 Å². The molecule has 0 spiro atoms. The van der Waals surface area contributed by atoms with Crippen LogP contribution in [0.25, 0.3) is 0 Å². The quantitative estimate of drug-likeness (QED) is 0.503. The zero-order chi connectivity index (χ0) is 14.1. The van der Waals surface area contributed by atoms with Crippen LogP contribution in [0.5, 0.6) is 5.75 Å². The van der Waals surface area contributed by atoms with Crippen molar-refractivity contribution in [3.05, 3.63) is 27.8 Å². The van der Waals surface area contributed by atoms with Gasteiger partial charge in [-0.1, -0.05) is 0 Å². The molecule has 98 valence electrons. The molecular formula is C8H6ClNO7S. The van der Waals surface area contributed by atoms with E-state index in [2.05, 4.69) is 4.74 Å². The maximum absolute atomic E-state index is 11.2. The summed E-state index contributed by atoms with van der Waals surface area (Å²) in [4.78, 5) is 19.8. The van der Waals surface area contributed by atoms with E-state index in [0.717, 1.165) is 7.11 Å². The number of rotatable bonds is 4. The summed E-state index contributed by atoms with van der Waals surface area (Å²) in [6.07, 6.45) is 0. The highest BCUT2D eigenvalue weighted by Crippen LogP contribution is 2.36. The summed E-state index contributed by atoms with van der Waals surface area (Å²) < 4.78 is 27.1. The van der Waals surface area contributed by atoms with Gasteiger partial charge in [0.2, 0.25) is 5.75 Å². The summed E-state index contributed by atoms with van der Waals surface area (Å²) in [6, 6.07) is 1.38. The molecule has 18 heavy (non-hydrogen) atoms. The van der Waals surface area contributed by atoms with Gasteiger partial charge >= 0.3 is 11.7 Å². The predicted octanol–water partition coefficient (Wildman–Crippen LogP) is 1.23. The summed E-state index contributed by atoms with van der Waals surface area (Å²) in [5, 5.41) is 19.5. The van der Waals surface area contributed by atoms with Crippen LogP contribution in [-0.2, 0) is 9.05 Å². The predicted molar refractivity (Wildman–Crippen MR) is 59.6 cm³/mol. The van der Waals surface area contributed by atoms with Gasteiger partial charge in [-0.15, -0.1) is 0 Å². The molecule has 8 nitrogen and oxygen atoms in total. The number of nitro groups is 1. The van der Waals surface area contributed by atoms with Gasteiger partial charge in [0.05, 0.1) is 17.6 Å². The first kappa shape index (κ1) is 14.2. The first-order chi connectivity index (χ1) is 8.18. The molecule has 0 fully saturated rings. The largest absolute Gasteiger partial charge is 0.489 e. The highest BCUT2D eigenvalue weighted by atomic mass is 35.7. The van der Waals surface area contributed by atoms with Crippen LogP contribution < -0.4 is 4.74 Å². The van der Waals surface area contributed by atoms with Crippen LogP contribution in [0.2, 0.25) is 0 Å². The number of nitrogens with zero attached hydrogens (tertiary/aromatic N) is 1. The monoisotopic (exact) mass is 295 g/mol. The minimum atomic E-state index is -4.38. The molecule has 1 aromatic carbocycles. The van der Waals surface area contributed by atoms with Gasteiger partial charge in [0.15, 0.2) is 0 Å². The minimum Gasteiger partial charge on any atom is -0.489 e. The lowest BCUT2D eigenvalue weighted by atomic mass is 10.2. The lowest BCUT2D eigenvalue weighted by Gasteiger charge is -2.07. The second-order valence-corrected chi connectivity index (χ2v) is 5.56. The van der Waals surface area contributed by atoms with Gasteiger partial charge in [-0.3, -0.25) is 10.1 Å². The number of carboxylic acids is 1. The second-order valence-electron chi connectivity index (χ2n) is 3.03. The number of methoxy groups -OCH3 is 1. The Morgan fingerprint density at radius 2 is 2.06 bits per heavy atom. The smallest absolute Gasteiger partial charge is 0.335 e. The van der Waals surface area contributed by atoms with E-state index in [1.165, 1.54) is 0 Å². The Bertz CT molecular complexity index is 625. The van der Waals surface area contributed by atoms with Crippen molar-refractivity contribution >= 4 is 31.4 Å². The van der Waals surface area contributed by atoms with Gasteiger partial charge in [0.1, 0.15) is 4.90 Å². The van der Waals surface area contributed by atoms with Crippen LogP contribution in [0.4, 0.5) is 5.69 Å². The molecule has 1 rings (SSSR count). The average Bonchev–Trinajstić information content (AvgIpc) is 2.25. The Hall–Kier alpha value is -1.87. The Labute approximate surface area is 105 Å². The number of aromatic carboxylic acids is 1. The van der Waals surface area contributed by atoms with Crippen LogP contribution in [0.3, 0.4) is 0 Å². The average molecular weight is 296 g/mol. The van der Waals surface area contributed by atoms with Crippen molar-refractivity contribution in [2.75, 3.05) is 7.11 Å². The third-order valence-electron chi connectivity index (χ3n) is 1.95. The van der Waals surface area contributed by atoms with Crippen LogP contribution >= 0.6 is 10.7 Å². The van der Waals surface area contributed by atoms with Crippen molar-refractivity contribution in [1.29, 1.82) is 0 Å². The number of carboxylic acid groups (broad SMARTS) is 1. The fourth-order valence-electron chi connectivity index (χ4n) is 1.23. The molecule has 0 radical (unpaired) electrons. The molecule has 0 aliphatic rings. The van der Waals surface area contributed by atoms with Crippen LogP contribution in [0.15, 0.2) is 17.0 Å². The standard InChI is InChI=1S/C8H6ClNO7S/c1-17-7-5(10(13)14)2-4(8(11)12)3-6(7)18(9,15)16/h2-3H,1H3,(H,11,12). The molecule has 1 aromatic rings. The lowest BCUT2D eigenvalue weighted by molar-refractivity contribution is -0.386. The number of nitro benzene ring substituents is 1. The van der Waals surface area contributed by atoms with E-state index in [1.54, 1.807) is 0 Å². The molecule has 0 saturated heterocycles. The highest BCUT2D eigenvalue weighted by Gasteiger charge is 2.28. The maximum atomic E-state index is 11.2. The molecule has 0 aliphatic heterocycles. The number of hydrogen-bond donors (Lipinski definition) is 1. The topological polar surface area (TPSA) is 124 Å². The maximum Gasteiger partial charge on any atom is 0.335 e. The van der Waals surface area contributed by atoms with Crippen molar-refractivity contribution in [3.8, 4) is 5.75 Å². The van der Waals surface area contributed by atoms with Crippen molar-refractivity contribution in [1.82, 2.24) is 0 Å². The third kappa shape index (κ3) is 2.68. The number of ether oxygens (including phenoxy) is 1. The molecule has 0 amide bonds. The summed E-state index contributed by atoms with van der Waals surface area (Å²) in [7, 11) is 1.70. The molecule has 0 aliphatic carbocycles. The Kier molecular flexibility index (Phi) is 3.77. The molecule has 0 unspecified atom stereocenters. The molecular weight excluding hydrogens is 290 g/mol. The lowest BCUT2D eigenvalue weighted by Crippen LogP contribution is -2.05. The number of benzene rings is 1. The van der Waals surface area contributed by atoms with Gasteiger partial charge in [-0.25, -0.2) is 13.2 Å². The molecule has 1 N–H and O–H groups in total. The van der Waals surface area contributed by atoms with Crippen molar-refractivity contribution in [3.63, 3.8) is 0 Å².